The zero-order valence-electron chi connectivity index (χ0n) is 18.0. The number of anilines is 1. The molecular weight excluding hydrogens is 416 g/mol. The van der Waals surface area contributed by atoms with Crippen LogP contribution < -0.4 is 14.4 Å². The van der Waals surface area contributed by atoms with E-state index in [4.69, 9.17) is 14.2 Å². The fourth-order valence-electron chi connectivity index (χ4n) is 4.58. The first kappa shape index (κ1) is 20.9. The molecule has 1 aromatic rings. The molecule has 0 unspecified atom stereocenters. The Balaban J connectivity index is 1.14. The largest absolute Gasteiger partial charge is 0.486 e. The molecule has 4 aliphatic heterocycles. The summed E-state index contributed by atoms with van der Waals surface area (Å²) < 4.78 is 16.6. The lowest BCUT2D eigenvalue weighted by molar-refractivity contribution is -0.146. The highest BCUT2D eigenvalue weighted by atomic mass is 16.6. The lowest BCUT2D eigenvalue weighted by Crippen LogP contribution is -2.54. The van der Waals surface area contributed by atoms with Gasteiger partial charge in [-0.1, -0.05) is 0 Å². The molecule has 0 aromatic heterocycles. The molecule has 0 radical (unpaired) electrons. The van der Waals surface area contributed by atoms with E-state index in [2.05, 4.69) is 0 Å². The van der Waals surface area contributed by atoms with Gasteiger partial charge in [0.25, 0.3) is 5.91 Å². The van der Waals surface area contributed by atoms with Crippen molar-refractivity contribution >= 4 is 23.5 Å². The highest BCUT2D eigenvalue weighted by molar-refractivity contribution is 5.96. The lowest BCUT2D eigenvalue weighted by atomic mass is 10.2. The van der Waals surface area contributed by atoms with Crippen molar-refractivity contribution in [2.24, 2.45) is 0 Å². The second-order valence-corrected chi connectivity index (χ2v) is 8.39. The number of fused-ring (bicyclic) bond motifs is 1. The van der Waals surface area contributed by atoms with Gasteiger partial charge in [-0.3, -0.25) is 14.5 Å². The summed E-state index contributed by atoms with van der Waals surface area (Å²) in [5.41, 5.74) is 0.732. The summed E-state index contributed by atoms with van der Waals surface area (Å²) in [4.78, 5) is 45.0. The van der Waals surface area contributed by atoms with Crippen molar-refractivity contribution in [1.82, 2.24) is 14.7 Å². The zero-order valence-corrected chi connectivity index (χ0v) is 18.0. The Hall–Kier alpha value is -3.01. The molecule has 1 atom stereocenters. The molecule has 5 rings (SSSR count). The van der Waals surface area contributed by atoms with Gasteiger partial charge >= 0.3 is 6.03 Å². The van der Waals surface area contributed by atoms with Crippen molar-refractivity contribution < 1.29 is 28.6 Å². The molecule has 4 amide bonds. The first-order valence-electron chi connectivity index (χ1n) is 11.2. The third-order valence-corrected chi connectivity index (χ3v) is 6.41. The Bertz CT molecular complexity index is 894. The van der Waals surface area contributed by atoms with Gasteiger partial charge in [0.2, 0.25) is 5.91 Å². The molecule has 3 fully saturated rings. The van der Waals surface area contributed by atoms with Gasteiger partial charge in [0.15, 0.2) is 11.5 Å². The quantitative estimate of drug-likeness (QED) is 0.674. The molecule has 10 heteroatoms. The number of ether oxygens (including phenoxy) is 3. The standard InChI is InChI=1S/C22H28N4O6/c27-20(23-5-7-24(8-6-23)21(28)18-2-1-11-30-18)15-25-9-10-26(22(25)29)16-3-4-17-19(14-16)32-13-12-31-17/h3-4,14,18H,1-2,5-13,15H2/t18-/m1/s1. The van der Waals surface area contributed by atoms with E-state index >= 15 is 0 Å². The van der Waals surface area contributed by atoms with Crippen molar-refractivity contribution in [2.45, 2.75) is 18.9 Å². The minimum Gasteiger partial charge on any atom is -0.486 e. The van der Waals surface area contributed by atoms with Crippen LogP contribution in [-0.4, -0.2) is 104 Å². The molecule has 172 valence electrons. The molecule has 3 saturated heterocycles. The summed E-state index contributed by atoms with van der Waals surface area (Å²) in [5.74, 6) is 1.24. The predicted molar refractivity (Wildman–Crippen MR) is 114 cm³/mol. The van der Waals surface area contributed by atoms with E-state index < -0.39 is 0 Å². The minimum atomic E-state index is -0.328. The third-order valence-electron chi connectivity index (χ3n) is 6.41. The number of amides is 4. The van der Waals surface area contributed by atoms with Crippen LogP contribution in [0.25, 0.3) is 0 Å². The van der Waals surface area contributed by atoms with E-state index in [1.807, 2.05) is 18.2 Å². The van der Waals surface area contributed by atoms with Gasteiger partial charge in [-0.15, -0.1) is 0 Å². The van der Waals surface area contributed by atoms with Crippen LogP contribution in [0.1, 0.15) is 12.8 Å². The van der Waals surface area contributed by atoms with Crippen LogP contribution in [0, 0.1) is 0 Å². The predicted octanol–water partition coefficient (Wildman–Crippen LogP) is 0.550. The number of benzene rings is 1. The van der Waals surface area contributed by atoms with Gasteiger partial charge in [-0.25, -0.2) is 4.79 Å². The molecule has 4 heterocycles. The molecule has 0 bridgehead atoms. The Morgan fingerprint density at radius 2 is 1.66 bits per heavy atom. The minimum absolute atomic E-state index is 0.0272. The van der Waals surface area contributed by atoms with E-state index in [0.29, 0.717) is 70.6 Å². The Morgan fingerprint density at radius 1 is 0.906 bits per heavy atom. The van der Waals surface area contributed by atoms with E-state index in [1.54, 1.807) is 19.6 Å². The number of rotatable bonds is 4. The number of nitrogens with zero attached hydrogens (tertiary/aromatic N) is 4. The zero-order chi connectivity index (χ0) is 22.1. The summed E-state index contributed by atoms with van der Waals surface area (Å²) >= 11 is 0. The molecule has 0 spiro atoms. The van der Waals surface area contributed by atoms with Crippen LogP contribution in [0.4, 0.5) is 10.5 Å². The lowest BCUT2D eigenvalue weighted by Gasteiger charge is -2.36. The van der Waals surface area contributed by atoms with Gasteiger partial charge in [0.05, 0.1) is 0 Å². The second-order valence-electron chi connectivity index (χ2n) is 8.39. The second kappa shape index (κ2) is 8.85. The molecule has 1 aromatic carbocycles. The molecule has 0 N–H and O–H groups in total. The van der Waals surface area contributed by atoms with Crippen molar-refractivity contribution in [3.05, 3.63) is 18.2 Å². The Kier molecular flexibility index (Phi) is 5.77. The van der Waals surface area contributed by atoms with Crippen molar-refractivity contribution in [1.29, 1.82) is 0 Å². The van der Waals surface area contributed by atoms with Gasteiger partial charge in [0.1, 0.15) is 25.9 Å². The fraction of sp³-hybridized carbons (Fsp3) is 0.591. The summed E-state index contributed by atoms with van der Waals surface area (Å²) in [6, 6.07) is 5.26. The highest BCUT2D eigenvalue weighted by Gasteiger charge is 2.35. The molecular formula is C22H28N4O6. The number of urea groups is 1. The Morgan fingerprint density at radius 3 is 2.41 bits per heavy atom. The normalized spacial score (nSPS) is 23.1. The van der Waals surface area contributed by atoms with Crippen LogP contribution in [0.2, 0.25) is 0 Å². The van der Waals surface area contributed by atoms with Crippen LogP contribution >= 0.6 is 0 Å². The van der Waals surface area contributed by atoms with Gasteiger partial charge < -0.3 is 28.9 Å². The summed E-state index contributed by atoms with van der Waals surface area (Å²) in [5, 5.41) is 0. The molecule has 4 aliphatic rings. The number of carbonyl (C=O) groups excluding carboxylic acids is 3. The maximum atomic E-state index is 12.9. The van der Waals surface area contributed by atoms with Crippen LogP contribution in [0.3, 0.4) is 0 Å². The van der Waals surface area contributed by atoms with Crippen LogP contribution in [0.5, 0.6) is 11.5 Å². The fourth-order valence-corrected chi connectivity index (χ4v) is 4.58. The van der Waals surface area contributed by atoms with Gasteiger partial charge in [0, 0.05) is 57.6 Å². The van der Waals surface area contributed by atoms with Crippen molar-refractivity contribution in [3.8, 4) is 11.5 Å². The van der Waals surface area contributed by atoms with Crippen molar-refractivity contribution in [2.75, 3.05) is 70.5 Å². The number of hydrogen-bond donors (Lipinski definition) is 0. The average Bonchev–Trinajstić information content (AvgIpc) is 3.49. The van der Waals surface area contributed by atoms with E-state index in [-0.39, 0.29) is 30.5 Å². The molecule has 0 saturated carbocycles. The molecule has 32 heavy (non-hydrogen) atoms. The van der Waals surface area contributed by atoms with Crippen LogP contribution in [0.15, 0.2) is 18.2 Å². The van der Waals surface area contributed by atoms with E-state index in [9.17, 15) is 14.4 Å². The SMILES string of the molecule is O=C(CN1CCN(c2ccc3c(c2)OCCO3)C1=O)N1CCN(C(=O)[C@H]2CCCO2)CC1. The number of hydrogen-bond acceptors (Lipinski definition) is 6. The van der Waals surface area contributed by atoms with Gasteiger partial charge in [-0.2, -0.15) is 0 Å². The van der Waals surface area contributed by atoms with E-state index in [1.165, 1.54) is 0 Å². The number of piperazine rings is 1. The Labute approximate surface area is 186 Å². The summed E-state index contributed by atoms with van der Waals surface area (Å²) in [7, 11) is 0. The summed E-state index contributed by atoms with van der Waals surface area (Å²) in [6.07, 6.45) is 1.36. The maximum absolute atomic E-state index is 12.9. The monoisotopic (exact) mass is 444 g/mol. The maximum Gasteiger partial charge on any atom is 0.325 e. The topological polar surface area (TPSA) is 91.9 Å². The molecule has 10 nitrogen and oxygen atoms in total. The first-order valence-corrected chi connectivity index (χ1v) is 11.2. The van der Waals surface area contributed by atoms with E-state index in [0.717, 1.165) is 18.5 Å². The summed E-state index contributed by atoms with van der Waals surface area (Å²) in [6.45, 7) is 4.63. The smallest absolute Gasteiger partial charge is 0.325 e. The highest BCUT2D eigenvalue weighted by Crippen LogP contribution is 2.35. The average molecular weight is 444 g/mol. The molecule has 0 aliphatic carbocycles. The van der Waals surface area contributed by atoms with Crippen LogP contribution in [-0.2, 0) is 14.3 Å². The first-order chi connectivity index (χ1) is 15.6. The van der Waals surface area contributed by atoms with Crippen molar-refractivity contribution in [3.63, 3.8) is 0 Å². The number of carbonyl (C=O) groups is 3. The third kappa shape index (κ3) is 4.06. The van der Waals surface area contributed by atoms with Gasteiger partial charge in [-0.05, 0) is 25.0 Å².